The van der Waals surface area contributed by atoms with Gasteiger partial charge in [0.15, 0.2) is 5.92 Å². The second kappa shape index (κ2) is 4.66. The maximum atomic E-state index is 11.7. The van der Waals surface area contributed by atoms with Gasteiger partial charge in [-0.1, -0.05) is 11.6 Å². The smallest absolute Gasteiger partial charge is 0.293 e. The van der Waals surface area contributed by atoms with E-state index in [1.54, 1.807) is 24.3 Å². The molecule has 1 aliphatic rings. The van der Waals surface area contributed by atoms with Crippen molar-refractivity contribution < 1.29 is 15.0 Å². The Morgan fingerprint density at radius 2 is 2.00 bits per heavy atom. The lowest BCUT2D eigenvalue weighted by Crippen LogP contribution is -2.63. The molecular weight excluding hydrogens is 256 g/mol. The fourth-order valence-electron chi connectivity index (χ4n) is 1.71. The Kier molecular flexibility index (Phi) is 3.20. The summed E-state index contributed by atoms with van der Waals surface area (Å²) in [5.41, 5.74) is 6.06. The van der Waals surface area contributed by atoms with Crippen molar-refractivity contribution in [3.63, 3.8) is 0 Å². The predicted octanol–water partition coefficient (Wildman–Crippen LogP) is -0.871. The molecule has 7 heteroatoms. The van der Waals surface area contributed by atoms with E-state index in [1.165, 1.54) is 4.90 Å². The average Bonchev–Trinajstić information content (AvgIpc) is 2.30. The van der Waals surface area contributed by atoms with E-state index in [4.69, 9.17) is 22.7 Å². The zero-order valence-electron chi connectivity index (χ0n) is 9.39. The quantitative estimate of drug-likeness (QED) is 0.479. The van der Waals surface area contributed by atoms with E-state index in [9.17, 15) is 9.59 Å². The second-order valence-electron chi connectivity index (χ2n) is 3.93. The molecule has 1 aliphatic heterocycles. The normalized spacial score (nSPS) is 19.6. The molecule has 1 saturated heterocycles. The molecule has 0 aliphatic carbocycles. The lowest BCUT2D eigenvalue weighted by molar-refractivity contribution is -0.132. The van der Waals surface area contributed by atoms with Gasteiger partial charge >= 0.3 is 6.03 Å². The van der Waals surface area contributed by atoms with E-state index in [2.05, 4.69) is 5.32 Å². The van der Waals surface area contributed by atoms with E-state index in [-0.39, 0.29) is 12.4 Å². The summed E-state index contributed by atoms with van der Waals surface area (Å²) in [5, 5.41) is 8.21. The number of amidine groups is 1. The van der Waals surface area contributed by atoms with Crippen molar-refractivity contribution in [2.75, 3.05) is 11.4 Å². The van der Waals surface area contributed by atoms with E-state index >= 15 is 0 Å². The molecule has 0 saturated carbocycles. The summed E-state index contributed by atoms with van der Waals surface area (Å²) >= 11 is 5.77. The number of amides is 3. The molecule has 94 valence electrons. The maximum Gasteiger partial charge on any atom is 0.328 e. The van der Waals surface area contributed by atoms with Gasteiger partial charge in [-0.2, -0.15) is 0 Å². The predicted molar refractivity (Wildman–Crippen MR) is 66.9 cm³/mol. The summed E-state index contributed by atoms with van der Waals surface area (Å²) in [4.78, 5) is 24.6. The average molecular weight is 268 g/mol. The van der Waals surface area contributed by atoms with E-state index in [1.807, 2.05) is 0 Å². The Balaban J connectivity index is 2.27. The van der Waals surface area contributed by atoms with Crippen LogP contribution in [0.3, 0.4) is 0 Å². The van der Waals surface area contributed by atoms with Crippen LogP contribution >= 0.6 is 11.6 Å². The molecule has 0 unspecified atom stereocenters. The highest BCUT2D eigenvalue weighted by Crippen LogP contribution is 2.21. The number of rotatable bonds is 2. The van der Waals surface area contributed by atoms with Crippen LogP contribution in [0.2, 0.25) is 5.02 Å². The third-order valence-electron chi connectivity index (χ3n) is 2.70. The van der Waals surface area contributed by atoms with Crippen LogP contribution in [0.1, 0.15) is 0 Å². The molecule has 2 rings (SSSR count). The monoisotopic (exact) mass is 267 g/mol. The Hall–Kier alpha value is -2.08. The molecule has 0 radical (unpaired) electrons. The summed E-state index contributed by atoms with van der Waals surface area (Å²) in [6.45, 7) is 0.120. The zero-order valence-corrected chi connectivity index (χ0v) is 10.1. The van der Waals surface area contributed by atoms with E-state index < -0.39 is 17.9 Å². The first kappa shape index (κ1) is 12.4. The van der Waals surface area contributed by atoms with Crippen molar-refractivity contribution in [2.24, 2.45) is 11.7 Å². The van der Waals surface area contributed by atoms with Gasteiger partial charge in [-0.3, -0.25) is 26.2 Å². The molecule has 1 fully saturated rings. The Morgan fingerprint density at radius 1 is 1.39 bits per heavy atom. The Bertz CT molecular complexity index is 514. The first-order chi connectivity index (χ1) is 8.49. The number of nitrogens with one attached hydrogen (secondary N) is 1. The molecule has 6 nitrogen and oxygen atoms in total. The molecule has 5 N–H and O–H groups in total. The third kappa shape index (κ3) is 2.28. The van der Waals surface area contributed by atoms with Crippen LogP contribution in [0.4, 0.5) is 10.5 Å². The van der Waals surface area contributed by atoms with Crippen LogP contribution in [0.25, 0.3) is 0 Å². The van der Waals surface area contributed by atoms with E-state index in [0.29, 0.717) is 10.7 Å². The first-order valence-corrected chi connectivity index (χ1v) is 5.62. The number of nitrogens with two attached hydrogens (primary N) is 2. The van der Waals surface area contributed by atoms with Crippen LogP contribution in [0.15, 0.2) is 24.3 Å². The van der Waals surface area contributed by atoms with Gasteiger partial charge in [-0.05, 0) is 24.3 Å². The number of carbonyl (C=O) groups excluding carboxylic acids is 2. The third-order valence-corrected chi connectivity index (χ3v) is 2.95. The van der Waals surface area contributed by atoms with Crippen LogP contribution in [-0.4, -0.2) is 24.3 Å². The molecule has 1 aromatic rings. The lowest BCUT2D eigenvalue weighted by Gasteiger charge is -2.30. The number of urea groups is 1. The summed E-state index contributed by atoms with van der Waals surface area (Å²) in [6, 6.07) is 6.18. The number of hydrogen-bond acceptors (Lipinski definition) is 2. The van der Waals surface area contributed by atoms with Gasteiger partial charge in [0.25, 0.3) is 5.84 Å². The lowest BCUT2D eigenvalue weighted by atomic mass is 10.0. The largest absolute Gasteiger partial charge is 0.328 e. The van der Waals surface area contributed by atoms with Gasteiger partial charge < -0.3 is 0 Å². The highest BCUT2D eigenvalue weighted by atomic mass is 35.5. The van der Waals surface area contributed by atoms with Crippen molar-refractivity contribution >= 4 is 35.1 Å². The Labute approximate surface area is 108 Å². The minimum absolute atomic E-state index is 0.0148. The van der Waals surface area contributed by atoms with Crippen molar-refractivity contribution in [3.8, 4) is 0 Å². The minimum Gasteiger partial charge on any atom is -0.293 e. The molecule has 0 spiro atoms. The molecule has 0 bridgehead atoms. The fraction of sp³-hybridized carbons (Fsp3) is 0.182. The maximum absolute atomic E-state index is 11.7. The number of nitrogens with zero attached hydrogens (tertiary/aromatic N) is 1. The van der Waals surface area contributed by atoms with Gasteiger partial charge in [0.2, 0.25) is 5.91 Å². The van der Waals surface area contributed by atoms with Gasteiger partial charge in [0.1, 0.15) is 0 Å². The SMILES string of the molecule is NC(=[NH2+])[C@@H]1CN(c2ccc(Cl)cc2)C(=O)NC1=O. The van der Waals surface area contributed by atoms with Crippen molar-refractivity contribution in [1.82, 2.24) is 5.32 Å². The number of halogens is 1. The van der Waals surface area contributed by atoms with E-state index in [0.717, 1.165) is 0 Å². The highest BCUT2D eigenvalue weighted by Gasteiger charge is 2.37. The van der Waals surface area contributed by atoms with Crippen LogP contribution < -0.4 is 21.4 Å². The van der Waals surface area contributed by atoms with Crippen LogP contribution in [-0.2, 0) is 4.79 Å². The van der Waals surface area contributed by atoms with Crippen LogP contribution in [0, 0.1) is 5.92 Å². The number of anilines is 1. The first-order valence-electron chi connectivity index (χ1n) is 5.24. The summed E-state index contributed by atoms with van der Waals surface area (Å²) in [7, 11) is 0. The highest BCUT2D eigenvalue weighted by molar-refractivity contribution is 6.30. The van der Waals surface area contributed by atoms with Gasteiger partial charge in [0, 0.05) is 10.7 Å². The fourth-order valence-corrected chi connectivity index (χ4v) is 1.83. The molecule has 0 aromatic heterocycles. The molecule has 1 heterocycles. The van der Waals surface area contributed by atoms with Crippen molar-refractivity contribution in [3.05, 3.63) is 29.3 Å². The minimum atomic E-state index is -0.710. The Morgan fingerprint density at radius 3 is 2.56 bits per heavy atom. The number of hydrogen-bond donors (Lipinski definition) is 3. The van der Waals surface area contributed by atoms with Gasteiger partial charge in [0.05, 0.1) is 6.54 Å². The summed E-state index contributed by atoms with van der Waals surface area (Å²) in [5.74, 6) is -1.21. The molecule has 1 aromatic carbocycles. The standard InChI is InChI=1S/C11H11ClN4O2/c12-6-1-3-7(4-2-6)16-5-8(9(13)14)10(17)15-11(16)18/h1-4,8H,5H2,(H3,13,14)(H,15,17,18)/p+1/t8-/m0/s1. The summed E-state index contributed by atoms with van der Waals surface area (Å²) in [6.07, 6.45) is 0. The zero-order chi connectivity index (χ0) is 13.3. The number of imide groups is 1. The number of benzene rings is 1. The molecule has 1 atom stereocenters. The molecule has 18 heavy (non-hydrogen) atoms. The number of carbonyl (C=O) groups is 2. The van der Waals surface area contributed by atoms with Gasteiger partial charge in [-0.25, -0.2) is 4.79 Å². The van der Waals surface area contributed by atoms with Crippen LogP contribution in [0.5, 0.6) is 0 Å². The topological polar surface area (TPSA) is 101 Å². The van der Waals surface area contributed by atoms with Gasteiger partial charge in [-0.15, -0.1) is 0 Å². The molecular formula is C11H12ClN4O2+. The second-order valence-corrected chi connectivity index (χ2v) is 4.37. The summed E-state index contributed by atoms with van der Waals surface area (Å²) < 4.78 is 0. The van der Waals surface area contributed by atoms with Crippen molar-refractivity contribution in [2.45, 2.75) is 0 Å². The van der Waals surface area contributed by atoms with Crippen molar-refractivity contribution in [1.29, 1.82) is 0 Å². The molecule has 3 amide bonds.